The Bertz CT molecular complexity index is 1000. The molecule has 0 aliphatic heterocycles. The number of nitrogens with zero attached hydrogens (tertiary/aromatic N) is 2. The Morgan fingerprint density at radius 1 is 1.08 bits per heavy atom. The molecule has 1 N–H and O–H groups in total. The predicted octanol–water partition coefficient (Wildman–Crippen LogP) is 4.00. The molecular weight excluding hydrogens is 373 g/mol. The molecule has 3 rings (SSSR count). The molecule has 8 heteroatoms. The molecular formula is C16H10Cl3N3O2. The van der Waals surface area contributed by atoms with Crippen LogP contribution in [0.2, 0.25) is 15.1 Å². The topological polar surface area (TPSA) is 64.0 Å². The first-order chi connectivity index (χ1) is 11.4. The lowest BCUT2D eigenvalue weighted by molar-refractivity contribution is -0.116. The lowest BCUT2D eigenvalue weighted by Crippen LogP contribution is -2.27. The smallest absolute Gasteiger partial charge is 0.261 e. The van der Waals surface area contributed by atoms with Crippen LogP contribution in [0.1, 0.15) is 0 Å². The Hall–Kier alpha value is -2.08. The van der Waals surface area contributed by atoms with Crippen LogP contribution < -0.4 is 10.9 Å². The molecule has 0 fully saturated rings. The standard InChI is InChI=1S/C16H10Cl3N3O2/c17-9-1-3-11-14(5-9)20-8-22(16(11)24)7-15(23)21-10-2-4-12(18)13(19)6-10/h1-6,8H,7H2,(H,21,23). The summed E-state index contributed by atoms with van der Waals surface area (Å²) in [5.41, 5.74) is 0.651. The van der Waals surface area contributed by atoms with Gasteiger partial charge in [-0.05, 0) is 36.4 Å². The second-order valence-electron chi connectivity index (χ2n) is 5.02. The highest BCUT2D eigenvalue weighted by Crippen LogP contribution is 2.25. The van der Waals surface area contributed by atoms with E-state index in [1.165, 1.54) is 17.0 Å². The summed E-state index contributed by atoms with van der Waals surface area (Å²) in [5, 5.41) is 4.26. The maximum Gasteiger partial charge on any atom is 0.261 e. The minimum absolute atomic E-state index is 0.176. The molecule has 122 valence electrons. The molecule has 0 spiro atoms. The van der Waals surface area contributed by atoms with E-state index in [0.29, 0.717) is 31.7 Å². The van der Waals surface area contributed by atoms with E-state index in [9.17, 15) is 9.59 Å². The van der Waals surface area contributed by atoms with Gasteiger partial charge in [0.1, 0.15) is 6.54 Å². The van der Waals surface area contributed by atoms with Crippen LogP contribution in [0.5, 0.6) is 0 Å². The quantitative estimate of drug-likeness (QED) is 0.745. The zero-order chi connectivity index (χ0) is 17.3. The number of carbonyl (C=O) groups excluding carboxylic acids is 1. The van der Waals surface area contributed by atoms with Gasteiger partial charge < -0.3 is 5.32 Å². The van der Waals surface area contributed by atoms with Gasteiger partial charge in [-0.3, -0.25) is 14.2 Å². The third-order valence-corrected chi connectivity index (χ3v) is 4.28. The van der Waals surface area contributed by atoms with Gasteiger partial charge in [-0.15, -0.1) is 0 Å². The molecule has 3 aromatic rings. The molecule has 1 amide bonds. The number of hydrogen-bond acceptors (Lipinski definition) is 3. The number of rotatable bonds is 3. The van der Waals surface area contributed by atoms with E-state index in [4.69, 9.17) is 34.8 Å². The fraction of sp³-hybridized carbons (Fsp3) is 0.0625. The molecule has 1 heterocycles. The van der Waals surface area contributed by atoms with Gasteiger partial charge in [0.15, 0.2) is 0 Å². The summed E-state index contributed by atoms with van der Waals surface area (Å²) < 4.78 is 1.23. The Morgan fingerprint density at radius 3 is 2.62 bits per heavy atom. The van der Waals surface area contributed by atoms with E-state index in [0.717, 1.165) is 0 Å². The van der Waals surface area contributed by atoms with Crippen LogP contribution in [0.3, 0.4) is 0 Å². The molecule has 2 aromatic carbocycles. The van der Waals surface area contributed by atoms with Crippen molar-refractivity contribution in [3.05, 3.63) is 68.1 Å². The van der Waals surface area contributed by atoms with Crippen molar-refractivity contribution in [2.45, 2.75) is 6.54 Å². The molecule has 24 heavy (non-hydrogen) atoms. The highest BCUT2D eigenvalue weighted by atomic mass is 35.5. The molecule has 5 nitrogen and oxygen atoms in total. The van der Waals surface area contributed by atoms with E-state index >= 15 is 0 Å². The molecule has 0 aliphatic carbocycles. The lowest BCUT2D eigenvalue weighted by atomic mass is 10.2. The third-order valence-electron chi connectivity index (χ3n) is 3.30. The first kappa shape index (κ1) is 16.8. The van der Waals surface area contributed by atoms with E-state index in [1.807, 2.05) is 0 Å². The van der Waals surface area contributed by atoms with Crippen molar-refractivity contribution in [2.24, 2.45) is 0 Å². The van der Waals surface area contributed by atoms with Crippen molar-refractivity contribution < 1.29 is 4.79 Å². The summed E-state index contributed by atoms with van der Waals surface area (Å²) in [6.07, 6.45) is 1.31. The zero-order valence-electron chi connectivity index (χ0n) is 12.1. The molecule has 1 aromatic heterocycles. The zero-order valence-corrected chi connectivity index (χ0v) is 14.4. The number of carbonyl (C=O) groups is 1. The highest BCUT2D eigenvalue weighted by Gasteiger charge is 2.09. The van der Waals surface area contributed by atoms with Gasteiger partial charge in [-0.1, -0.05) is 34.8 Å². The summed E-state index contributed by atoms with van der Waals surface area (Å²) in [6, 6.07) is 9.51. The molecule has 0 aliphatic rings. The summed E-state index contributed by atoms with van der Waals surface area (Å²) >= 11 is 17.6. The fourth-order valence-electron chi connectivity index (χ4n) is 2.17. The van der Waals surface area contributed by atoms with Crippen molar-refractivity contribution in [2.75, 3.05) is 5.32 Å². The van der Waals surface area contributed by atoms with Gasteiger partial charge in [0.2, 0.25) is 5.91 Å². The van der Waals surface area contributed by atoms with Crippen LogP contribution in [0.25, 0.3) is 10.9 Å². The van der Waals surface area contributed by atoms with Gasteiger partial charge in [0.25, 0.3) is 5.56 Å². The van der Waals surface area contributed by atoms with Gasteiger partial charge in [-0.2, -0.15) is 0 Å². The van der Waals surface area contributed by atoms with Crippen molar-refractivity contribution in [1.82, 2.24) is 9.55 Å². The average Bonchev–Trinajstić information content (AvgIpc) is 2.53. The predicted molar refractivity (Wildman–Crippen MR) is 96.1 cm³/mol. The highest BCUT2D eigenvalue weighted by molar-refractivity contribution is 6.42. The first-order valence-electron chi connectivity index (χ1n) is 6.83. The van der Waals surface area contributed by atoms with Crippen LogP contribution in [0.15, 0.2) is 47.5 Å². The number of anilines is 1. The van der Waals surface area contributed by atoms with E-state index < -0.39 is 0 Å². The summed E-state index contributed by atoms with van der Waals surface area (Å²) in [5.74, 6) is -0.384. The second-order valence-corrected chi connectivity index (χ2v) is 6.27. The van der Waals surface area contributed by atoms with Crippen molar-refractivity contribution in [3.8, 4) is 0 Å². The Kier molecular flexibility index (Phi) is 4.76. The molecule has 0 radical (unpaired) electrons. The molecule has 0 atom stereocenters. The second kappa shape index (κ2) is 6.81. The number of benzene rings is 2. The largest absolute Gasteiger partial charge is 0.324 e. The molecule has 0 bridgehead atoms. The van der Waals surface area contributed by atoms with Crippen LogP contribution in [0, 0.1) is 0 Å². The van der Waals surface area contributed by atoms with Crippen molar-refractivity contribution >= 4 is 57.3 Å². The maximum absolute atomic E-state index is 12.4. The van der Waals surface area contributed by atoms with E-state index in [-0.39, 0.29) is 18.0 Å². The molecule has 0 unspecified atom stereocenters. The third kappa shape index (κ3) is 3.53. The van der Waals surface area contributed by atoms with Gasteiger partial charge in [-0.25, -0.2) is 4.98 Å². The first-order valence-corrected chi connectivity index (χ1v) is 7.97. The van der Waals surface area contributed by atoms with Crippen LogP contribution in [0.4, 0.5) is 5.69 Å². The maximum atomic E-state index is 12.4. The van der Waals surface area contributed by atoms with Crippen LogP contribution in [-0.2, 0) is 11.3 Å². The van der Waals surface area contributed by atoms with Crippen molar-refractivity contribution in [1.29, 1.82) is 0 Å². The summed E-state index contributed by atoms with van der Waals surface area (Å²) in [6.45, 7) is -0.176. The fourth-order valence-corrected chi connectivity index (χ4v) is 2.64. The minimum Gasteiger partial charge on any atom is -0.324 e. The SMILES string of the molecule is O=C(Cn1cnc2cc(Cl)ccc2c1=O)Nc1ccc(Cl)c(Cl)c1. The van der Waals surface area contributed by atoms with Crippen LogP contribution in [-0.4, -0.2) is 15.5 Å². The number of amides is 1. The number of aromatic nitrogens is 2. The van der Waals surface area contributed by atoms with Gasteiger partial charge >= 0.3 is 0 Å². The normalized spacial score (nSPS) is 10.8. The lowest BCUT2D eigenvalue weighted by Gasteiger charge is -2.09. The Balaban J connectivity index is 1.82. The monoisotopic (exact) mass is 381 g/mol. The number of nitrogens with one attached hydrogen (secondary N) is 1. The van der Waals surface area contributed by atoms with E-state index in [1.54, 1.807) is 30.3 Å². The average molecular weight is 383 g/mol. The Morgan fingerprint density at radius 2 is 1.88 bits per heavy atom. The summed E-state index contributed by atoms with van der Waals surface area (Å²) in [7, 11) is 0. The van der Waals surface area contributed by atoms with E-state index in [2.05, 4.69) is 10.3 Å². The number of hydrogen-bond donors (Lipinski definition) is 1. The van der Waals surface area contributed by atoms with Crippen LogP contribution >= 0.6 is 34.8 Å². The Labute approximate surface area is 151 Å². The minimum atomic E-state index is -0.384. The van der Waals surface area contributed by atoms with Gasteiger partial charge in [0, 0.05) is 10.7 Å². The number of fused-ring (bicyclic) bond motifs is 1. The van der Waals surface area contributed by atoms with Gasteiger partial charge in [0.05, 0.1) is 27.3 Å². The van der Waals surface area contributed by atoms with Crippen molar-refractivity contribution in [3.63, 3.8) is 0 Å². The summed E-state index contributed by atoms with van der Waals surface area (Å²) in [4.78, 5) is 28.7. The molecule has 0 saturated carbocycles. The number of halogens is 3. The molecule has 0 saturated heterocycles.